The first-order valence-electron chi connectivity index (χ1n) is 5.26. The summed E-state index contributed by atoms with van der Waals surface area (Å²) in [4.78, 5) is 0. The Morgan fingerprint density at radius 3 is 2.56 bits per heavy atom. The monoisotopic (exact) mass is 208 g/mol. The zero-order valence-corrected chi connectivity index (χ0v) is 9.72. The minimum Gasteiger partial charge on any atom is -0.103 e. The molecule has 0 bridgehead atoms. The summed E-state index contributed by atoms with van der Waals surface area (Å²) in [7, 11) is 0. The lowest BCUT2D eigenvalue weighted by Crippen LogP contribution is -1.66. The van der Waals surface area contributed by atoms with E-state index in [1.54, 1.807) is 13.0 Å². The largest absolute Gasteiger partial charge is 0.103 e. The average molecular weight is 208 g/mol. The van der Waals surface area contributed by atoms with Gasteiger partial charge in [-0.05, 0) is 55.9 Å². The third-order valence-electron chi connectivity index (χ3n) is 1.59. The van der Waals surface area contributed by atoms with E-state index in [9.17, 15) is 0 Å². The van der Waals surface area contributed by atoms with Crippen molar-refractivity contribution in [1.29, 1.82) is 0 Å². The summed E-state index contributed by atoms with van der Waals surface area (Å²) >= 11 is 0. The normalized spacial score (nSPS) is 8.56. The minimum absolute atomic E-state index is 1.07. The molecule has 0 heterocycles. The highest BCUT2D eigenvalue weighted by atomic mass is 13.8. The second-order valence-corrected chi connectivity index (χ2v) is 2.90. The molecule has 0 aliphatic rings. The Kier molecular flexibility index (Phi) is 11.2. The van der Waals surface area contributed by atoms with E-state index in [0.29, 0.717) is 0 Å². The Balaban J connectivity index is 3.72. The maximum absolute atomic E-state index is 3.67. The lowest BCUT2D eigenvalue weighted by molar-refractivity contribution is 0.870. The average Bonchev–Trinajstić information content (AvgIpc) is 2.31. The third-order valence-corrected chi connectivity index (χ3v) is 1.59. The van der Waals surface area contributed by atoms with Crippen molar-refractivity contribution in [3.63, 3.8) is 0 Å². The number of allylic oxidation sites excluding steroid dienone is 5. The van der Waals surface area contributed by atoms with E-state index in [4.69, 9.17) is 0 Å². The Morgan fingerprint density at radius 1 is 1.00 bits per heavy atom. The van der Waals surface area contributed by atoms with Crippen molar-refractivity contribution in [1.82, 2.24) is 0 Å². The van der Waals surface area contributed by atoms with Crippen LogP contribution in [0.1, 0.15) is 26.2 Å². The molecule has 0 aromatic heterocycles. The van der Waals surface area contributed by atoms with Gasteiger partial charge in [0.25, 0.3) is 0 Å². The highest BCUT2D eigenvalue weighted by Gasteiger charge is 1.76. The van der Waals surface area contributed by atoms with Gasteiger partial charge in [-0.3, -0.25) is 0 Å². The molecular formula is C16H16. The Bertz CT molecular complexity index is 414. The molecule has 0 atom stereocenters. The number of hydrogen-bond acceptors (Lipinski definition) is 0. The standard InChI is InChI=1S/C16H16/c1-3-5-7-9-11-13-15-16-14-12-10-8-6-4-2/h3,11,13,15-16H,1,5,7,9H2,2H3. The van der Waals surface area contributed by atoms with Gasteiger partial charge in [0.05, 0.1) is 0 Å². The van der Waals surface area contributed by atoms with Gasteiger partial charge in [-0.2, -0.15) is 0 Å². The summed E-state index contributed by atoms with van der Waals surface area (Å²) in [5.41, 5.74) is 0. The lowest BCUT2D eigenvalue weighted by atomic mass is 10.2. The second kappa shape index (κ2) is 12.9. The Morgan fingerprint density at radius 2 is 1.81 bits per heavy atom. The minimum atomic E-state index is 1.07. The zero-order chi connectivity index (χ0) is 11.9. The van der Waals surface area contributed by atoms with Crippen molar-refractivity contribution in [3.8, 4) is 35.5 Å². The quantitative estimate of drug-likeness (QED) is 0.281. The first kappa shape index (κ1) is 13.9. The summed E-state index contributed by atoms with van der Waals surface area (Å²) in [6, 6.07) is 0. The van der Waals surface area contributed by atoms with E-state index in [-0.39, 0.29) is 0 Å². The van der Waals surface area contributed by atoms with E-state index in [1.165, 1.54) is 0 Å². The highest BCUT2D eigenvalue weighted by Crippen LogP contribution is 1.96. The molecule has 16 heavy (non-hydrogen) atoms. The van der Waals surface area contributed by atoms with Crippen molar-refractivity contribution in [3.05, 3.63) is 37.0 Å². The first-order valence-corrected chi connectivity index (χ1v) is 5.26. The maximum Gasteiger partial charge on any atom is -0.000709 e. The van der Waals surface area contributed by atoms with Gasteiger partial charge in [0, 0.05) is 0 Å². The molecule has 0 rings (SSSR count). The molecule has 0 fully saturated rings. The van der Waals surface area contributed by atoms with Gasteiger partial charge >= 0.3 is 0 Å². The summed E-state index contributed by atoms with van der Waals surface area (Å²) < 4.78 is 0. The van der Waals surface area contributed by atoms with Gasteiger partial charge in [0.15, 0.2) is 0 Å². The van der Waals surface area contributed by atoms with E-state index in [2.05, 4.69) is 48.2 Å². The topological polar surface area (TPSA) is 0 Å². The zero-order valence-electron chi connectivity index (χ0n) is 9.72. The number of unbranched alkanes of at least 4 members (excludes halogenated alkanes) is 2. The summed E-state index contributed by atoms with van der Waals surface area (Å²) in [6.45, 7) is 5.42. The van der Waals surface area contributed by atoms with Crippen LogP contribution in [-0.4, -0.2) is 0 Å². The van der Waals surface area contributed by atoms with Crippen LogP contribution >= 0.6 is 0 Å². The molecule has 0 nitrogen and oxygen atoms in total. The molecule has 0 radical (unpaired) electrons. The third kappa shape index (κ3) is 11.9. The molecule has 0 saturated heterocycles. The SMILES string of the molecule is C=CCCCC=CC=CC#CC#CC#CC. The van der Waals surface area contributed by atoms with E-state index in [0.717, 1.165) is 19.3 Å². The van der Waals surface area contributed by atoms with Crippen molar-refractivity contribution >= 4 is 0 Å². The van der Waals surface area contributed by atoms with Crippen LogP contribution in [0.5, 0.6) is 0 Å². The molecule has 0 aliphatic carbocycles. The molecule has 0 aromatic carbocycles. The first-order chi connectivity index (χ1) is 7.91. The molecule has 0 amide bonds. The van der Waals surface area contributed by atoms with Crippen LogP contribution in [0, 0.1) is 35.5 Å². The fourth-order valence-electron chi connectivity index (χ4n) is 0.861. The Labute approximate surface area is 99.1 Å². The van der Waals surface area contributed by atoms with Gasteiger partial charge in [0.1, 0.15) is 0 Å². The second-order valence-electron chi connectivity index (χ2n) is 2.90. The van der Waals surface area contributed by atoms with Gasteiger partial charge < -0.3 is 0 Å². The van der Waals surface area contributed by atoms with Gasteiger partial charge in [-0.25, -0.2) is 0 Å². The maximum atomic E-state index is 3.67. The molecule has 0 aliphatic heterocycles. The van der Waals surface area contributed by atoms with Crippen LogP contribution in [0.3, 0.4) is 0 Å². The van der Waals surface area contributed by atoms with Crippen LogP contribution in [-0.2, 0) is 0 Å². The molecule has 0 unspecified atom stereocenters. The van der Waals surface area contributed by atoms with Gasteiger partial charge in [-0.1, -0.05) is 36.1 Å². The molecule has 0 N–H and O–H groups in total. The summed E-state index contributed by atoms with van der Waals surface area (Å²) in [5.74, 6) is 16.0. The lowest BCUT2D eigenvalue weighted by Gasteiger charge is -1.86. The summed E-state index contributed by atoms with van der Waals surface area (Å²) in [5, 5.41) is 0. The Hall–Kier alpha value is -2.10. The molecule has 0 heteroatoms. The predicted octanol–water partition coefficient (Wildman–Crippen LogP) is 3.49. The fraction of sp³-hybridized carbons (Fsp3) is 0.250. The van der Waals surface area contributed by atoms with Crippen LogP contribution in [0.4, 0.5) is 0 Å². The van der Waals surface area contributed by atoms with E-state index in [1.807, 2.05) is 18.2 Å². The van der Waals surface area contributed by atoms with Crippen LogP contribution in [0.25, 0.3) is 0 Å². The number of rotatable bonds is 5. The molecule has 0 aromatic rings. The van der Waals surface area contributed by atoms with Crippen molar-refractivity contribution < 1.29 is 0 Å². The molecule has 0 saturated carbocycles. The van der Waals surface area contributed by atoms with Crippen molar-refractivity contribution in [2.24, 2.45) is 0 Å². The van der Waals surface area contributed by atoms with Crippen molar-refractivity contribution in [2.75, 3.05) is 0 Å². The van der Waals surface area contributed by atoms with Crippen LogP contribution < -0.4 is 0 Å². The van der Waals surface area contributed by atoms with Gasteiger partial charge in [0.2, 0.25) is 0 Å². The fourth-order valence-corrected chi connectivity index (χ4v) is 0.861. The number of hydrogen-bond donors (Lipinski definition) is 0. The predicted molar refractivity (Wildman–Crippen MR) is 71.3 cm³/mol. The summed E-state index contributed by atoms with van der Waals surface area (Å²) in [6.07, 6.45) is 13.0. The van der Waals surface area contributed by atoms with Gasteiger partial charge in [-0.15, -0.1) is 6.58 Å². The van der Waals surface area contributed by atoms with E-state index < -0.39 is 0 Å². The smallest absolute Gasteiger partial charge is 0.000709 e. The molecule has 80 valence electrons. The van der Waals surface area contributed by atoms with E-state index >= 15 is 0 Å². The molecule has 0 spiro atoms. The highest BCUT2D eigenvalue weighted by molar-refractivity contribution is 5.37. The van der Waals surface area contributed by atoms with Crippen molar-refractivity contribution in [2.45, 2.75) is 26.2 Å². The van der Waals surface area contributed by atoms with Crippen LogP contribution in [0.15, 0.2) is 37.0 Å². The van der Waals surface area contributed by atoms with Crippen LogP contribution in [0.2, 0.25) is 0 Å². The molecular weight excluding hydrogens is 192 g/mol.